The molecule has 7 nitrogen and oxygen atoms in total. The van der Waals surface area contributed by atoms with E-state index in [1.54, 1.807) is 29.8 Å². The smallest absolute Gasteiger partial charge is 0.317 e. The first-order valence-corrected chi connectivity index (χ1v) is 9.50. The van der Waals surface area contributed by atoms with Crippen LogP contribution in [0.4, 0.5) is 10.7 Å². The highest BCUT2D eigenvalue weighted by molar-refractivity contribution is 7.09. The average Bonchev–Trinajstić information content (AvgIpc) is 3.12. The van der Waals surface area contributed by atoms with Gasteiger partial charge in [-0.2, -0.15) is 0 Å². The number of anilines is 1. The van der Waals surface area contributed by atoms with Crippen molar-refractivity contribution in [2.75, 3.05) is 37.6 Å². The van der Waals surface area contributed by atoms with Crippen molar-refractivity contribution in [3.05, 3.63) is 34.5 Å². The first-order chi connectivity index (χ1) is 12.1. The predicted molar refractivity (Wildman–Crippen MR) is 99.1 cm³/mol. The maximum Gasteiger partial charge on any atom is 0.317 e. The van der Waals surface area contributed by atoms with Gasteiger partial charge in [0.25, 0.3) is 0 Å². The molecule has 0 aromatic carbocycles. The molecule has 25 heavy (non-hydrogen) atoms. The van der Waals surface area contributed by atoms with E-state index in [1.165, 1.54) is 0 Å². The monoisotopic (exact) mass is 360 g/mol. The first-order valence-electron chi connectivity index (χ1n) is 8.62. The van der Waals surface area contributed by atoms with E-state index in [4.69, 9.17) is 0 Å². The molecular weight excluding hydrogens is 336 g/mol. The number of amides is 2. The van der Waals surface area contributed by atoms with E-state index in [9.17, 15) is 4.79 Å². The molecule has 2 aromatic heterocycles. The number of urea groups is 1. The van der Waals surface area contributed by atoms with Gasteiger partial charge in [0.05, 0.1) is 10.7 Å². The highest BCUT2D eigenvalue weighted by Gasteiger charge is 2.22. The molecule has 0 atom stereocenters. The summed E-state index contributed by atoms with van der Waals surface area (Å²) in [5.74, 6) is 1.19. The Kier molecular flexibility index (Phi) is 5.80. The van der Waals surface area contributed by atoms with Gasteiger partial charge in [0.15, 0.2) is 0 Å². The van der Waals surface area contributed by atoms with Crippen LogP contribution in [0.1, 0.15) is 30.5 Å². The molecule has 8 heteroatoms. The third-order valence-electron chi connectivity index (χ3n) is 4.12. The zero-order valence-corrected chi connectivity index (χ0v) is 15.5. The Balaban J connectivity index is 1.40. The summed E-state index contributed by atoms with van der Waals surface area (Å²) in [7, 11) is 0. The number of hydrogen-bond donors (Lipinski definition) is 1. The second-order valence-electron chi connectivity index (χ2n) is 6.34. The molecule has 3 rings (SSSR count). The van der Waals surface area contributed by atoms with Crippen LogP contribution in [-0.2, 0) is 6.42 Å². The van der Waals surface area contributed by atoms with Crippen molar-refractivity contribution < 1.29 is 4.79 Å². The van der Waals surface area contributed by atoms with Crippen molar-refractivity contribution in [2.24, 2.45) is 0 Å². The number of rotatable bonds is 5. The number of piperazine rings is 1. The number of aromatic nitrogens is 3. The zero-order chi connectivity index (χ0) is 17.6. The second-order valence-corrected chi connectivity index (χ2v) is 7.23. The fraction of sp³-hybridized carbons (Fsp3) is 0.529. The van der Waals surface area contributed by atoms with Gasteiger partial charge >= 0.3 is 6.03 Å². The Bertz CT molecular complexity index is 681. The molecule has 0 bridgehead atoms. The summed E-state index contributed by atoms with van der Waals surface area (Å²) in [5, 5.41) is 6.23. The van der Waals surface area contributed by atoms with E-state index >= 15 is 0 Å². The Morgan fingerprint density at radius 2 is 1.96 bits per heavy atom. The number of nitrogens with one attached hydrogen (secondary N) is 1. The molecule has 3 heterocycles. The van der Waals surface area contributed by atoms with Crippen molar-refractivity contribution in [3.63, 3.8) is 0 Å². The molecule has 1 saturated heterocycles. The van der Waals surface area contributed by atoms with Crippen LogP contribution in [0.15, 0.2) is 23.8 Å². The summed E-state index contributed by atoms with van der Waals surface area (Å²) in [5.41, 5.74) is 1.06. The van der Waals surface area contributed by atoms with Crippen LogP contribution in [0, 0.1) is 0 Å². The molecule has 0 aliphatic carbocycles. The lowest BCUT2D eigenvalue weighted by molar-refractivity contribution is 0.194. The summed E-state index contributed by atoms with van der Waals surface area (Å²) in [6.07, 6.45) is 4.25. The van der Waals surface area contributed by atoms with E-state index in [0.29, 0.717) is 25.6 Å². The molecule has 1 aliphatic rings. The molecular formula is C17H24N6OS. The van der Waals surface area contributed by atoms with Crippen LogP contribution in [0.25, 0.3) is 0 Å². The lowest BCUT2D eigenvalue weighted by atomic mass is 10.2. The van der Waals surface area contributed by atoms with Crippen molar-refractivity contribution >= 4 is 23.3 Å². The molecule has 1 fully saturated rings. The molecule has 0 radical (unpaired) electrons. The van der Waals surface area contributed by atoms with Gasteiger partial charge in [0, 0.05) is 62.8 Å². The van der Waals surface area contributed by atoms with E-state index in [2.05, 4.69) is 44.4 Å². The molecule has 0 saturated carbocycles. The van der Waals surface area contributed by atoms with Gasteiger partial charge in [-0.15, -0.1) is 11.3 Å². The van der Waals surface area contributed by atoms with Gasteiger partial charge in [-0.1, -0.05) is 13.8 Å². The van der Waals surface area contributed by atoms with Crippen LogP contribution < -0.4 is 10.2 Å². The molecule has 1 aliphatic heterocycles. The highest BCUT2D eigenvalue weighted by atomic mass is 32.1. The minimum Gasteiger partial charge on any atom is -0.338 e. The topological polar surface area (TPSA) is 74.2 Å². The second kappa shape index (κ2) is 8.24. The maximum atomic E-state index is 12.3. The molecule has 134 valence electrons. The third kappa shape index (κ3) is 4.66. The number of thiazole rings is 1. The fourth-order valence-corrected chi connectivity index (χ4v) is 3.55. The maximum absolute atomic E-state index is 12.3. The standard InChI is InChI=1S/C17H24N6OS/c1-13(2)15-21-14(12-25-15)4-7-20-17(24)23-10-8-22(9-11-23)16-18-5-3-6-19-16/h3,5-6,12-13H,4,7-11H2,1-2H3,(H,20,24). The lowest BCUT2D eigenvalue weighted by Gasteiger charge is -2.34. The number of carbonyl (C=O) groups is 1. The van der Waals surface area contributed by atoms with E-state index < -0.39 is 0 Å². The van der Waals surface area contributed by atoms with Gasteiger partial charge in [0.1, 0.15) is 0 Å². The summed E-state index contributed by atoms with van der Waals surface area (Å²) in [6, 6.07) is 1.80. The number of nitrogens with zero attached hydrogens (tertiary/aromatic N) is 5. The summed E-state index contributed by atoms with van der Waals surface area (Å²) < 4.78 is 0. The summed E-state index contributed by atoms with van der Waals surface area (Å²) in [4.78, 5) is 29.4. The number of hydrogen-bond acceptors (Lipinski definition) is 6. The Labute approximate surface area is 152 Å². The molecule has 1 N–H and O–H groups in total. The van der Waals surface area contributed by atoms with Gasteiger partial charge < -0.3 is 15.1 Å². The Morgan fingerprint density at radius 1 is 1.24 bits per heavy atom. The van der Waals surface area contributed by atoms with Crippen molar-refractivity contribution in [1.29, 1.82) is 0 Å². The fourth-order valence-electron chi connectivity index (χ4n) is 2.68. The normalized spacial score (nSPS) is 14.8. The molecule has 2 aromatic rings. The average molecular weight is 360 g/mol. The van der Waals surface area contributed by atoms with Crippen molar-refractivity contribution in [1.82, 2.24) is 25.2 Å². The molecule has 0 spiro atoms. The molecule has 2 amide bonds. The van der Waals surface area contributed by atoms with Crippen LogP contribution in [0.5, 0.6) is 0 Å². The zero-order valence-electron chi connectivity index (χ0n) is 14.7. The van der Waals surface area contributed by atoms with Gasteiger partial charge in [-0.3, -0.25) is 0 Å². The highest BCUT2D eigenvalue weighted by Crippen LogP contribution is 2.19. The predicted octanol–water partition coefficient (Wildman–Crippen LogP) is 2.13. The minimum atomic E-state index is -0.00653. The van der Waals surface area contributed by atoms with Crippen LogP contribution >= 0.6 is 11.3 Å². The minimum absolute atomic E-state index is 0.00653. The van der Waals surface area contributed by atoms with E-state index in [1.807, 2.05) is 4.90 Å². The first kappa shape index (κ1) is 17.6. The van der Waals surface area contributed by atoms with Crippen molar-refractivity contribution in [3.8, 4) is 0 Å². The lowest BCUT2D eigenvalue weighted by Crippen LogP contribution is -2.52. The third-order valence-corrected chi connectivity index (χ3v) is 5.32. The van der Waals surface area contributed by atoms with Crippen LogP contribution in [0.3, 0.4) is 0 Å². The largest absolute Gasteiger partial charge is 0.338 e. The summed E-state index contributed by atoms with van der Waals surface area (Å²) in [6.45, 7) is 7.76. The summed E-state index contributed by atoms with van der Waals surface area (Å²) >= 11 is 1.69. The van der Waals surface area contributed by atoms with Gasteiger partial charge in [-0.05, 0) is 6.07 Å². The SMILES string of the molecule is CC(C)c1nc(CCNC(=O)N2CCN(c3ncccn3)CC2)cs1. The van der Waals surface area contributed by atoms with Crippen LogP contribution in [-0.4, -0.2) is 58.6 Å². The van der Waals surface area contributed by atoms with Crippen molar-refractivity contribution in [2.45, 2.75) is 26.2 Å². The van der Waals surface area contributed by atoms with Gasteiger partial charge in [-0.25, -0.2) is 19.7 Å². The van der Waals surface area contributed by atoms with E-state index in [0.717, 1.165) is 36.2 Å². The van der Waals surface area contributed by atoms with Crippen LogP contribution in [0.2, 0.25) is 0 Å². The molecule has 0 unspecified atom stereocenters. The van der Waals surface area contributed by atoms with E-state index in [-0.39, 0.29) is 6.03 Å². The Hall–Kier alpha value is -2.22. The van der Waals surface area contributed by atoms with Gasteiger partial charge in [0.2, 0.25) is 5.95 Å². The Morgan fingerprint density at radius 3 is 2.60 bits per heavy atom. The quantitative estimate of drug-likeness (QED) is 0.884. The number of carbonyl (C=O) groups excluding carboxylic acids is 1.